The summed E-state index contributed by atoms with van der Waals surface area (Å²) in [5.41, 5.74) is 1.03. The van der Waals surface area contributed by atoms with Gasteiger partial charge in [0.2, 0.25) is 5.91 Å². The van der Waals surface area contributed by atoms with Crippen LogP contribution in [0, 0.1) is 23.2 Å². The zero-order valence-electron chi connectivity index (χ0n) is 20.5. The molecule has 6 nitrogen and oxygen atoms in total. The molecule has 4 bridgehead atoms. The Morgan fingerprint density at radius 2 is 1.62 bits per heavy atom. The highest BCUT2D eigenvalue weighted by molar-refractivity contribution is 6.02. The predicted octanol–water partition coefficient (Wildman–Crippen LogP) is 3.79. The molecule has 7 rings (SSSR count). The van der Waals surface area contributed by atoms with Gasteiger partial charge in [-0.1, -0.05) is 6.07 Å². The molecule has 0 spiro atoms. The first-order valence-corrected chi connectivity index (χ1v) is 13.3. The molecule has 4 aliphatic carbocycles. The van der Waals surface area contributed by atoms with Crippen LogP contribution in [0.2, 0.25) is 0 Å². The molecule has 1 aliphatic heterocycles. The minimum atomic E-state index is 0.0313. The third-order valence-corrected chi connectivity index (χ3v) is 9.25. The number of aromatic nitrogens is 1. The average Bonchev–Trinajstić information content (AvgIpc) is 2.79. The molecule has 6 heteroatoms. The second-order valence-electron chi connectivity index (χ2n) is 11.9. The van der Waals surface area contributed by atoms with E-state index in [1.165, 1.54) is 38.5 Å². The van der Waals surface area contributed by atoms with Crippen LogP contribution in [0.4, 0.5) is 5.69 Å². The minimum Gasteiger partial charge on any atom is -0.325 e. The van der Waals surface area contributed by atoms with Crippen LogP contribution in [0.1, 0.15) is 44.9 Å². The number of piperazine rings is 1. The Morgan fingerprint density at radius 3 is 2.29 bits per heavy atom. The number of nitrogens with one attached hydrogen (secondary N) is 1. The molecule has 1 saturated heterocycles. The van der Waals surface area contributed by atoms with E-state index in [4.69, 9.17) is 0 Å². The zero-order chi connectivity index (χ0) is 23.3. The van der Waals surface area contributed by atoms with E-state index in [0.29, 0.717) is 18.4 Å². The minimum absolute atomic E-state index is 0.0313. The van der Waals surface area contributed by atoms with Gasteiger partial charge in [0.15, 0.2) is 0 Å². The van der Waals surface area contributed by atoms with Gasteiger partial charge in [-0.25, -0.2) is 0 Å². The normalized spacial score (nSPS) is 31.3. The number of rotatable bonds is 6. The van der Waals surface area contributed by atoms with Gasteiger partial charge < -0.3 is 14.8 Å². The summed E-state index contributed by atoms with van der Waals surface area (Å²) < 4.78 is 1.82. The van der Waals surface area contributed by atoms with E-state index in [1.54, 1.807) is 0 Å². The van der Waals surface area contributed by atoms with E-state index >= 15 is 0 Å². The molecule has 0 atom stereocenters. The summed E-state index contributed by atoms with van der Waals surface area (Å²) in [6.07, 6.45) is 10.4. The number of anilines is 1. The lowest BCUT2D eigenvalue weighted by molar-refractivity contribution is -0.124. The van der Waals surface area contributed by atoms with E-state index < -0.39 is 0 Å². The third kappa shape index (κ3) is 4.31. The Hall–Kier alpha value is -2.18. The first kappa shape index (κ1) is 22.3. The van der Waals surface area contributed by atoms with E-state index in [0.717, 1.165) is 61.6 Å². The van der Waals surface area contributed by atoms with Gasteiger partial charge >= 0.3 is 0 Å². The summed E-state index contributed by atoms with van der Waals surface area (Å²) in [7, 11) is 2.16. The van der Waals surface area contributed by atoms with Crippen molar-refractivity contribution in [3.63, 3.8) is 0 Å². The number of amides is 1. The second kappa shape index (κ2) is 8.80. The lowest BCUT2D eigenvalue weighted by Gasteiger charge is -2.56. The number of nitrogens with zero attached hydrogens (tertiary/aromatic N) is 3. The SMILES string of the molecule is CN1CCN(CCn2ccc3c(NC(=O)CC45CC6CC(CC(C6)C4)C5)cccc3c2=O)CC1. The van der Waals surface area contributed by atoms with Gasteiger partial charge in [0, 0.05) is 68.3 Å². The summed E-state index contributed by atoms with van der Waals surface area (Å²) in [5, 5.41) is 4.73. The summed E-state index contributed by atoms with van der Waals surface area (Å²) in [6.45, 7) is 5.86. The molecular weight excluding hydrogens is 424 g/mol. The van der Waals surface area contributed by atoms with Gasteiger partial charge in [0.25, 0.3) is 5.56 Å². The Morgan fingerprint density at radius 1 is 0.941 bits per heavy atom. The number of benzene rings is 1. The molecule has 0 unspecified atom stereocenters. The van der Waals surface area contributed by atoms with Crippen LogP contribution < -0.4 is 10.9 Å². The van der Waals surface area contributed by atoms with Crippen LogP contribution in [-0.2, 0) is 11.3 Å². The van der Waals surface area contributed by atoms with Crippen LogP contribution >= 0.6 is 0 Å². The maximum absolute atomic E-state index is 13.2. The number of likely N-dealkylation sites (N-methyl/N-ethyl adjacent to an activating group) is 1. The molecule has 2 aromatic rings. The van der Waals surface area contributed by atoms with Gasteiger partial charge in [0.05, 0.1) is 0 Å². The van der Waals surface area contributed by atoms with Gasteiger partial charge in [0.1, 0.15) is 0 Å². The molecule has 1 N–H and O–H groups in total. The van der Waals surface area contributed by atoms with Crippen LogP contribution in [-0.4, -0.2) is 60.0 Å². The van der Waals surface area contributed by atoms with Crippen molar-refractivity contribution in [1.29, 1.82) is 0 Å². The summed E-state index contributed by atoms with van der Waals surface area (Å²) in [4.78, 5) is 31.2. The number of hydrogen-bond donors (Lipinski definition) is 1. The lowest BCUT2D eigenvalue weighted by Crippen LogP contribution is -2.47. The maximum Gasteiger partial charge on any atom is 0.258 e. The first-order valence-electron chi connectivity index (χ1n) is 13.3. The smallest absolute Gasteiger partial charge is 0.258 e. The van der Waals surface area contributed by atoms with E-state index in [1.807, 2.05) is 35.0 Å². The van der Waals surface area contributed by atoms with Crippen molar-refractivity contribution >= 4 is 22.4 Å². The molecule has 2 heterocycles. The molecule has 182 valence electrons. The van der Waals surface area contributed by atoms with Crippen molar-refractivity contribution in [3.05, 3.63) is 40.8 Å². The van der Waals surface area contributed by atoms with E-state index in [9.17, 15) is 9.59 Å². The van der Waals surface area contributed by atoms with Gasteiger partial charge in [-0.05, 0) is 86.9 Å². The van der Waals surface area contributed by atoms with Crippen molar-refractivity contribution in [2.75, 3.05) is 45.1 Å². The number of pyridine rings is 1. The number of carbonyl (C=O) groups excluding carboxylic acids is 1. The topological polar surface area (TPSA) is 57.6 Å². The zero-order valence-corrected chi connectivity index (χ0v) is 20.5. The summed E-state index contributed by atoms with van der Waals surface area (Å²) in [6, 6.07) is 7.72. The fourth-order valence-electron chi connectivity index (χ4n) is 7.97. The molecule has 5 aliphatic rings. The van der Waals surface area contributed by atoms with Gasteiger partial charge in [-0.2, -0.15) is 0 Å². The Labute approximate surface area is 202 Å². The van der Waals surface area contributed by atoms with Crippen LogP contribution in [0.15, 0.2) is 35.3 Å². The van der Waals surface area contributed by atoms with E-state index in [-0.39, 0.29) is 16.9 Å². The Balaban J connectivity index is 1.15. The summed E-state index contributed by atoms with van der Waals surface area (Å²) >= 11 is 0. The molecule has 1 aromatic heterocycles. The summed E-state index contributed by atoms with van der Waals surface area (Å²) in [5.74, 6) is 2.66. The first-order chi connectivity index (χ1) is 16.5. The van der Waals surface area contributed by atoms with Crippen LogP contribution in [0.25, 0.3) is 10.8 Å². The van der Waals surface area contributed by atoms with Crippen molar-refractivity contribution in [1.82, 2.24) is 14.4 Å². The highest BCUT2D eigenvalue weighted by Crippen LogP contribution is 2.61. The van der Waals surface area contributed by atoms with Crippen LogP contribution in [0.3, 0.4) is 0 Å². The lowest BCUT2D eigenvalue weighted by atomic mass is 9.49. The highest BCUT2D eigenvalue weighted by Gasteiger charge is 2.51. The quantitative estimate of drug-likeness (QED) is 0.710. The fraction of sp³-hybridized carbons (Fsp3) is 0.643. The largest absolute Gasteiger partial charge is 0.325 e. The van der Waals surface area contributed by atoms with Crippen molar-refractivity contribution < 1.29 is 4.79 Å². The molecule has 1 amide bonds. The third-order valence-electron chi connectivity index (χ3n) is 9.25. The Kier molecular flexibility index (Phi) is 5.77. The van der Waals surface area contributed by atoms with Crippen molar-refractivity contribution in [2.45, 2.75) is 51.5 Å². The molecule has 5 fully saturated rings. The second-order valence-corrected chi connectivity index (χ2v) is 11.9. The van der Waals surface area contributed by atoms with Crippen LogP contribution in [0.5, 0.6) is 0 Å². The predicted molar refractivity (Wildman–Crippen MR) is 136 cm³/mol. The number of carbonyl (C=O) groups is 1. The fourth-order valence-corrected chi connectivity index (χ4v) is 7.97. The molecule has 34 heavy (non-hydrogen) atoms. The highest BCUT2D eigenvalue weighted by atomic mass is 16.1. The molecule has 4 saturated carbocycles. The van der Waals surface area contributed by atoms with Gasteiger partial charge in [-0.3, -0.25) is 14.5 Å². The number of hydrogen-bond acceptors (Lipinski definition) is 4. The molecular formula is C28H38N4O2. The monoisotopic (exact) mass is 462 g/mol. The number of fused-ring (bicyclic) bond motifs is 1. The van der Waals surface area contributed by atoms with Crippen molar-refractivity contribution in [2.24, 2.45) is 23.2 Å². The standard InChI is InChI=1S/C28H38N4O2/c1-30-7-9-31(10-8-30)11-12-32-6-5-23-24(27(32)34)3-2-4-25(23)29-26(33)19-28-16-20-13-21(17-28)15-22(14-20)18-28/h2-6,20-22H,7-19H2,1H3,(H,29,33). The molecule has 1 aromatic carbocycles. The average molecular weight is 463 g/mol. The van der Waals surface area contributed by atoms with Gasteiger partial charge in [-0.15, -0.1) is 0 Å². The van der Waals surface area contributed by atoms with E-state index in [2.05, 4.69) is 22.2 Å². The van der Waals surface area contributed by atoms with Crippen molar-refractivity contribution in [3.8, 4) is 0 Å². The Bertz CT molecular complexity index is 1100. The maximum atomic E-state index is 13.2. The molecule has 0 radical (unpaired) electrons.